The summed E-state index contributed by atoms with van der Waals surface area (Å²) in [7, 11) is -7.64. The van der Waals surface area contributed by atoms with Crippen molar-refractivity contribution in [2.45, 2.75) is 43.6 Å². The largest absolute Gasteiger partial charge is 0.487 e. The molecular formula is C36H38ClF3N6O5S3. The van der Waals surface area contributed by atoms with Crippen molar-refractivity contribution in [2.24, 2.45) is 0 Å². The Morgan fingerprint density at radius 1 is 0.907 bits per heavy atom. The van der Waals surface area contributed by atoms with Crippen LogP contribution in [0.4, 0.5) is 30.5 Å². The van der Waals surface area contributed by atoms with Crippen LogP contribution in [0.1, 0.15) is 37.6 Å². The van der Waals surface area contributed by atoms with Crippen LogP contribution >= 0.6 is 23.7 Å². The fourth-order valence-electron chi connectivity index (χ4n) is 5.70. The van der Waals surface area contributed by atoms with Gasteiger partial charge in [0.2, 0.25) is 5.95 Å². The molecule has 1 fully saturated rings. The molecule has 0 radical (unpaired) electrons. The van der Waals surface area contributed by atoms with Crippen LogP contribution in [0.5, 0.6) is 5.75 Å². The molecule has 0 amide bonds. The number of piperidine rings is 1. The first-order valence-electron chi connectivity index (χ1n) is 16.7. The normalized spacial score (nSPS) is 14.1. The number of sulfone groups is 1. The van der Waals surface area contributed by atoms with Gasteiger partial charge in [-0.15, -0.1) is 23.7 Å². The molecular weight excluding hydrogens is 785 g/mol. The molecule has 1 aliphatic rings. The van der Waals surface area contributed by atoms with Crippen molar-refractivity contribution in [3.8, 4) is 27.6 Å². The van der Waals surface area contributed by atoms with E-state index in [1.807, 2.05) is 13.8 Å². The van der Waals surface area contributed by atoms with E-state index in [0.717, 1.165) is 23.2 Å². The molecule has 3 aromatic carbocycles. The fourth-order valence-corrected chi connectivity index (χ4v) is 8.54. The molecule has 1 aliphatic heterocycles. The second-order valence-electron chi connectivity index (χ2n) is 12.9. The van der Waals surface area contributed by atoms with E-state index in [4.69, 9.17) is 9.72 Å². The monoisotopic (exact) mass is 822 g/mol. The lowest BCUT2D eigenvalue weighted by atomic mass is 10.1. The SMILES string of the molecule is CC(C)c1nc(-c2cccc(NS(=O)(=O)c3c(F)cccc3F)c2)c(-c2ccnc(Nc3ccc(OC4CCN(CCS(C)(=O)=O)CC4)c(F)c3)n2)s1.Cl. The number of benzene rings is 3. The number of nitrogens with zero attached hydrogens (tertiary/aromatic N) is 4. The highest BCUT2D eigenvalue weighted by Crippen LogP contribution is 2.39. The Morgan fingerprint density at radius 2 is 1.61 bits per heavy atom. The number of anilines is 3. The Bertz CT molecular complexity index is 2320. The predicted octanol–water partition coefficient (Wildman–Crippen LogP) is 7.66. The summed E-state index contributed by atoms with van der Waals surface area (Å²) in [6.45, 7) is 5.76. The number of rotatable bonds is 13. The van der Waals surface area contributed by atoms with Gasteiger partial charge in [-0.3, -0.25) is 4.72 Å². The van der Waals surface area contributed by atoms with Gasteiger partial charge in [0.15, 0.2) is 16.5 Å². The summed E-state index contributed by atoms with van der Waals surface area (Å²) < 4.78 is 101. The molecule has 3 heterocycles. The number of hydrogen-bond donors (Lipinski definition) is 2. The van der Waals surface area contributed by atoms with E-state index in [-0.39, 0.29) is 47.6 Å². The topological polar surface area (TPSA) is 143 Å². The minimum atomic E-state index is -4.60. The molecule has 18 heteroatoms. The van der Waals surface area contributed by atoms with E-state index < -0.39 is 42.2 Å². The summed E-state index contributed by atoms with van der Waals surface area (Å²) in [5.74, 6) is -2.54. The number of sulfonamides is 1. The van der Waals surface area contributed by atoms with E-state index >= 15 is 4.39 Å². The Morgan fingerprint density at radius 3 is 2.28 bits per heavy atom. The zero-order chi connectivity index (χ0) is 37.9. The molecule has 2 aromatic heterocycles. The van der Waals surface area contributed by atoms with Crippen LogP contribution in [0.15, 0.2) is 77.8 Å². The Balaban J connectivity index is 0.00000561. The van der Waals surface area contributed by atoms with Gasteiger partial charge in [0, 0.05) is 61.0 Å². The average molecular weight is 823 g/mol. The highest BCUT2D eigenvalue weighted by molar-refractivity contribution is 7.92. The van der Waals surface area contributed by atoms with Crippen LogP contribution in [0.25, 0.3) is 21.8 Å². The van der Waals surface area contributed by atoms with E-state index in [0.29, 0.717) is 60.0 Å². The van der Waals surface area contributed by atoms with Crippen molar-refractivity contribution >= 4 is 60.9 Å². The molecule has 6 rings (SSSR count). The molecule has 288 valence electrons. The maximum atomic E-state index is 15.2. The van der Waals surface area contributed by atoms with Gasteiger partial charge in [-0.25, -0.2) is 45.0 Å². The first-order valence-corrected chi connectivity index (χ1v) is 21.1. The van der Waals surface area contributed by atoms with Crippen LogP contribution < -0.4 is 14.8 Å². The molecule has 0 aliphatic carbocycles. The highest BCUT2D eigenvalue weighted by Gasteiger charge is 2.26. The molecule has 1 saturated heterocycles. The molecule has 0 atom stereocenters. The molecule has 0 saturated carbocycles. The van der Waals surface area contributed by atoms with Gasteiger partial charge in [-0.2, -0.15) is 0 Å². The summed E-state index contributed by atoms with van der Waals surface area (Å²) in [6.07, 6.45) is 3.87. The van der Waals surface area contributed by atoms with Gasteiger partial charge in [-0.05, 0) is 55.3 Å². The van der Waals surface area contributed by atoms with E-state index in [1.165, 1.54) is 41.9 Å². The van der Waals surface area contributed by atoms with Crippen LogP contribution in [0, 0.1) is 17.5 Å². The molecule has 54 heavy (non-hydrogen) atoms. The Kier molecular flexibility index (Phi) is 12.9. The molecule has 0 spiro atoms. The maximum Gasteiger partial charge on any atom is 0.267 e. The van der Waals surface area contributed by atoms with Gasteiger partial charge in [0.05, 0.1) is 27.0 Å². The lowest BCUT2D eigenvalue weighted by molar-refractivity contribution is 0.100. The van der Waals surface area contributed by atoms with Crippen molar-refractivity contribution in [1.82, 2.24) is 19.9 Å². The number of ether oxygens (including phenoxy) is 1. The van der Waals surface area contributed by atoms with Gasteiger partial charge >= 0.3 is 0 Å². The number of thiazole rings is 1. The van der Waals surface area contributed by atoms with Gasteiger partial charge in [-0.1, -0.05) is 32.0 Å². The quantitative estimate of drug-likeness (QED) is 0.122. The standard InChI is InChI=1S/C36H37F3N6O5S3.ClH/c1-22(2)35-43-32(23-6-4-7-25(20-23)44-53(48,49)34-27(37)8-5-9-28(34)38)33(51-35)30-12-15-40-36(42-30)41-24-10-11-31(29(39)21-24)50-26-13-16-45(17-14-26)18-19-52(3,46)47;/h4-12,15,20-22,26,44H,13-14,16-19H2,1-3H3,(H,40,41,42);1H. The van der Waals surface area contributed by atoms with Crippen LogP contribution in [0.2, 0.25) is 0 Å². The lowest BCUT2D eigenvalue weighted by Gasteiger charge is -2.32. The maximum absolute atomic E-state index is 15.2. The number of hydrogen-bond acceptors (Lipinski definition) is 11. The average Bonchev–Trinajstić information content (AvgIpc) is 3.55. The third-order valence-corrected chi connectivity index (χ3v) is 12.1. The zero-order valence-electron chi connectivity index (χ0n) is 29.4. The summed E-state index contributed by atoms with van der Waals surface area (Å²) in [6, 6.07) is 15.3. The highest BCUT2D eigenvalue weighted by atomic mass is 35.5. The Labute approximate surface area is 322 Å². The summed E-state index contributed by atoms with van der Waals surface area (Å²) in [4.78, 5) is 15.5. The predicted molar refractivity (Wildman–Crippen MR) is 207 cm³/mol. The summed E-state index contributed by atoms with van der Waals surface area (Å²) in [5.41, 5.74) is 2.01. The van der Waals surface area contributed by atoms with E-state index in [1.54, 1.807) is 30.5 Å². The third-order valence-electron chi connectivity index (χ3n) is 8.40. The first-order chi connectivity index (χ1) is 25.1. The third kappa shape index (κ3) is 10.1. The number of nitrogens with one attached hydrogen (secondary N) is 2. The van der Waals surface area contributed by atoms with Gasteiger partial charge in [0.25, 0.3) is 10.0 Å². The summed E-state index contributed by atoms with van der Waals surface area (Å²) >= 11 is 1.40. The molecule has 11 nitrogen and oxygen atoms in total. The minimum Gasteiger partial charge on any atom is -0.487 e. The summed E-state index contributed by atoms with van der Waals surface area (Å²) in [5, 5.41) is 3.83. The minimum absolute atomic E-state index is 0. The van der Waals surface area contributed by atoms with E-state index in [9.17, 15) is 25.6 Å². The second-order valence-corrected chi connectivity index (χ2v) is 17.9. The van der Waals surface area contributed by atoms with Crippen molar-refractivity contribution in [3.63, 3.8) is 0 Å². The molecule has 2 N–H and O–H groups in total. The van der Waals surface area contributed by atoms with Gasteiger partial charge in [0.1, 0.15) is 27.6 Å². The van der Waals surface area contributed by atoms with Crippen molar-refractivity contribution < 1.29 is 34.7 Å². The molecule has 0 unspecified atom stereocenters. The van der Waals surface area contributed by atoms with Crippen LogP contribution in [-0.2, 0) is 19.9 Å². The Hall–Kier alpha value is -4.29. The van der Waals surface area contributed by atoms with Crippen LogP contribution in [0.3, 0.4) is 0 Å². The number of aromatic nitrogens is 3. The molecule has 0 bridgehead atoms. The zero-order valence-corrected chi connectivity index (χ0v) is 32.7. The smallest absolute Gasteiger partial charge is 0.267 e. The van der Waals surface area contributed by atoms with Crippen molar-refractivity contribution in [1.29, 1.82) is 0 Å². The van der Waals surface area contributed by atoms with Gasteiger partial charge < -0.3 is 15.0 Å². The van der Waals surface area contributed by atoms with E-state index in [2.05, 4.69) is 24.9 Å². The number of likely N-dealkylation sites (tertiary alicyclic amines) is 1. The second kappa shape index (κ2) is 17.0. The number of halogens is 4. The van der Waals surface area contributed by atoms with Crippen molar-refractivity contribution in [3.05, 3.63) is 95.4 Å². The first kappa shape index (κ1) is 40.9. The molecule has 5 aromatic rings. The van der Waals surface area contributed by atoms with Crippen molar-refractivity contribution in [2.75, 3.05) is 41.7 Å². The lowest BCUT2D eigenvalue weighted by Crippen LogP contribution is -2.40. The van der Waals surface area contributed by atoms with Crippen LogP contribution in [-0.4, -0.2) is 74.4 Å². The fraction of sp³-hybridized carbons (Fsp3) is 0.306.